The smallest absolute Gasteiger partial charge is 0.124 e. The fourth-order valence-electron chi connectivity index (χ4n) is 1.97. The van der Waals surface area contributed by atoms with Crippen LogP contribution in [0.5, 0.6) is 5.75 Å². The first kappa shape index (κ1) is 11.8. The van der Waals surface area contributed by atoms with Gasteiger partial charge < -0.3 is 4.74 Å². The Kier molecular flexibility index (Phi) is 3.41. The molecule has 0 unspecified atom stereocenters. The number of benzene rings is 1. The van der Waals surface area contributed by atoms with E-state index in [1.54, 1.807) is 0 Å². The highest BCUT2D eigenvalue weighted by Crippen LogP contribution is 2.52. The molecule has 1 radical (unpaired) electrons. The summed E-state index contributed by atoms with van der Waals surface area (Å²) in [7, 11) is 0. The minimum atomic E-state index is 0.0699. The summed E-state index contributed by atoms with van der Waals surface area (Å²) in [6.45, 7) is 0.766. The number of fused-ring (bicyclic) bond motifs is 1. The average Bonchev–Trinajstić information content (AvgIpc) is 2.37. The zero-order chi connectivity index (χ0) is 11.6. The molecule has 1 aromatic rings. The normalized spacial score (nSPS) is 17.1. The maximum atomic E-state index is 7.20. The zero-order valence-corrected chi connectivity index (χ0v) is 11.0. The van der Waals surface area contributed by atoms with Gasteiger partial charge >= 0.3 is 0 Å². The number of thioether (sulfide) groups is 2. The Bertz CT molecular complexity index is 430. The van der Waals surface area contributed by atoms with Crippen molar-refractivity contribution in [3.8, 4) is 11.7 Å². The Hall–Kier alpha value is -0.720. The van der Waals surface area contributed by atoms with Gasteiger partial charge in [-0.05, 0) is 37.1 Å². The van der Waals surface area contributed by atoms with E-state index < -0.39 is 0 Å². The van der Waals surface area contributed by atoms with Crippen LogP contribution in [0.15, 0.2) is 18.2 Å². The quantitative estimate of drug-likeness (QED) is 0.588. The topological polar surface area (TPSA) is 9.23 Å². The summed E-state index contributed by atoms with van der Waals surface area (Å²) in [6.07, 6.45) is 12.5. The molecule has 83 valence electrons. The molecule has 0 aromatic heterocycles. The van der Waals surface area contributed by atoms with Gasteiger partial charge in [0.15, 0.2) is 0 Å². The predicted molar refractivity (Wildman–Crippen MR) is 71.5 cm³/mol. The third kappa shape index (κ3) is 1.81. The molecule has 0 spiro atoms. The highest BCUT2D eigenvalue weighted by atomic mass is 32.2. The molecule has 0 N–H and O–H groups in total. The van der Waals surface area contributed by atoms with Gasteiger partial charge in [-0.15, -0.1) is 23.5 Å². The van der Waals surface area contributed by atoms with Gasteiger partial charge in [-0.3, -0.25) is 0 Å². The third-order valence-corrected chi connectivity index (χ3v) is 6.05. The molecule has 3 heteroatoms. The molecule has 0 fully saturated rings. The van der Waals surface area contributed by atoms with Crippen molar-refractivity contribution in [2.75, 3.05) is 19.1 Å². The summed E-state index contributed by atoms with van der Waals surface area (Å²) in [4.78, 5) is 0. The summed E-state index contributed by atoms with van der Waals surface area (Å²) in [6, 6.07) is 5.85. The van der Waals surface area contributed by atoms with Crippen molar-refractivity contribution in [1.29, 1.82) is 0 Å². The van der Waals surface area contributed by atoms with Gasteiger partial charge in [-0.25, -0.2) is 0 Å². The van der Waals surface area contributed by atoms with Crippen molar-refractivity contribution in [3.63, 3.8) is 0 Å². The number of hydrogen-bond donors (Lipinski definition) is 0. The first-order valence-electron chi connectivity index (χ1n) is 5.06. The fourth-order valence-corrected chi connectivity index (χ4v) is 3.97. The molecular formula is C13H13OS2. The Morgan fingerprint density at radius 2 is 2.12 bits per heavy atom. The lowest BCUT2D eigenvalue weighted by Gasteiger charge is -2.36. The molecule has 1 heterocycles. The lowest BCUT2D eigenvalue weighted by molar-refractivity contribution is 0.280. The van der Waals surface area contributed by atoms with Crippen LogP contribution >= 0.6 is 23.5 Å². The van der Waals surface area contributed by atoms with Crippen molar-refractivity contribution >= 4 is 23.5 Å². The molecule has 0 amide bonds. The van der Waals surface area contributed by atoms with Crippen LogP contribution in [0.1, 0.15) is 17.5 Å². The number of ether oxygens (including phenoxy) is 1. The van der Waals surface area contributed by atoms with Gasteiger partial charge in [-0.1, -0.05) is 5.92 Å². The predicted octanol–water partition coefficient (Wildman–Crippen LogP) is 3.29. The molecule has 0 atom stereocenters. The van der Waals surface area contributed by atoms with E-state index >= 15 is 0 Å². The Morgan fingerprint density at radius 3 is 2.75 bits per heavy atom. The highest BCUT2D eigenvalue weighted by molar-refractivity contribution is 8.16. The highest BCUT2D eigenvalue weighted by Gasteiger charge is 2.36. The molecule has 1 aromatic carbocycles. The van der Waals surface area contributed by atoms with Crippen LogP contribution in [0, 0.1) is 12.3 Å². The lowest BCUT2D eigenvalue weighted by Crippen LogP contribution is -2.26. The van der Waals surface area contributed by atoms with E-state index in [4.69, 9.17) is 11.2 Å². The molecule has 1 aliphatic rings. The first-order valence-corrected chi connectivity index (χ1v) is 7.51. The van der Waals surface area contributed by atoms with Gasteiger partial charge in [0.25, 0.3) is 0 Å². The molecule has 16 heavy (non-hydrogen) atoms. The van der Waals surface area contributed by atoms with E-state index in [0.29, 0.717) is 0 Å². The van der Waals surface area contributed by atoms with Crippen molar-refractivity contribution in [2.24, 2.45) is 0 Å². The minimum Gasteiger partial charge on any atom is -0.493 e. The summed E-state index contributed by atoms with van der Waals surface area (Å²) in [5.41, 5.74) is 2.01. The second kappa shape index (κ2) is 4.65. The van der Waals surface area contributed by atoms with Crippen molar-refractivity contribution in [3.05, 3.63) is 35.7 Å². The van der Waals surface area contributed by atoms with Crippen molar-refractivity contribution in [2.45, 2.75) is 10.5 Å². The third-order valence-electron chi connectivity index (χ3n) is 2.88. The molecule has 0 aliphatic carbocycles. The van der Waals surface area contributed by atoms with Gasteiger partial charge in [0.05, 0.1) is 10.7 Å². The van der Waals surface area contributed by atoms with Crippen molar-refractivity contribution in [1.82, 2.24) is 0 Å². The largest absolute Gasteiger partial charge is 0.493 e. The lowest BCUT2D eigenvalue weighted by atomic mass is 10.0. The Balaban J connectivity index is 2.55. The second-order valence-electron chi connectivity index (χ2n) is 3.60. The van der Waals surface area contributed by atoms with Crippen LogP contribution < -0.4 is 4.74 Å². The summed E-state index contributed by atoms with van der Waals surface area (Å²) < 4.78 is 5.74. The van der Waals surface area contributed by atoms with E-state index in [-0.39, 0.29) is 4.08 Å². The van der Waals surface area contributed by atoms with Crippen molar-refractivity contribution < 1.29 is 4.74 Å². The second-order valence-corrected chi connectivity index (χ2v) is 6.06. The summed E-state index contributed by atoms with van der Waals surface area (Å²) in [5, 5.41) is 0. The van der Waals surface area contributed by atoms with Gasteiger partial charge in [0, 0.05) is 17.5 Å². The molecular weight excluding hydrogens is 236 g/mol. The van der Waals surface area contributed by atoms with Gasteiger partial charge in [-0.2, -0.15) is 0 Å². The van der Waals surface area contributed by atoms with E-state index in [1.807, 2.05) is 41.7 Å². The minimum absolute atomic E-state index is 0.0699. The van der Waals surface area contributed by atoms with E-state index in [9.17, 15) is 0 Å². The van der Waals surface area contributed by atoms with Crippen LogP contribution in [0.25, 0.3) is 0 Å². The molecule has 0 saturated heterocycles. The Morgan fingerprint density at radius 1 is 1.38 bits per heavy atom. The SMILES string of the molecule is [C]#Cc1ccc2c(c1)C(SC)(SC)CCO2. The molecule has 2 rings (SSSR count). The van der Waals surface area contributed by atoms with Crippen LogP contribution in [0.2, 0.25) is 0 Å². The Labute approximate surface area is 105 Å². The molecule has 1 aliphatic heterocycles. The van der Waals surface area contributed by atoms with E-state index in [0.717, 1.165) is 24.3 Å². The monoisotopic (exact) mass is 249 g/mol. The van der Waals surface area contributed by atoms with E-state index in [2.05, 4.69) is 18.4 Å². The van der Waals surface area contributed by atoms with Gasteiger partial charge in [0.1, 0.15) is 5.75 Å². The van der Waals surface area contributed by atoms with Crippen LogP contribution in [0.3, 0.4) is 0 Å². The molecule has 0 bridgehead atoms. The average molecular weight is 249 g/mol. The van der Waals surface area contributed by atoms with Crippen LogP contribution in [-0.2, 0) is 4.08 Å². The van der Waals surface area contributed by atoms with Crippen LogP contribution in [-0.4, -0.2) is 19.1 Å². The summed E-state index contributed by atoms with van der Waals surface area (Å²) >= 11 is 3.70. The van der Waals surface area contributed by atoms with Crippen LogP contribution in [0.4, 0.5) is 0 Å². The first-order chi connectivity index (χ1) is 7.75. The maximum absolute atomic E-state index is 7.20. The van der Waals surface area contributed by atoms with E-state index in [1.165, 1.54) is 5.56 Å². The molecule has 0 saturated carbocycles. The maximum Gasteiger partial charge on any atom is 0.124 e. The number of rotatable bonds is 2. The fraction of sp³-hybridized carbons (Fsp3) is 0.385. The van der Waals surface area contributed by atoms with Gasteiger partial charge in [0.2, 0.25) is 0 Å². The zero-order valence-electron chi connectivity index (χ0n) is 9.37. The summed E-state index contributed by atoms with van der Waals surface area (Å²) in [5.74, 6) is 3.39. The standard InChI is InChI=1S/C13H13OS2/c1-4-10-5-6-12-11(9-10)13(15-2,16-3)7-8-14-12/h5-6,9H,7-8H2,2-3H3. The molecule has 1 nitrogen and oxygen atoms in total. The number of hydrogen-bond acceptors (Lipinski definition) is 3.